The summed E-state index contributed by atoms with van der Waals surface area (Å²) >= 11 is 3.41. The highest BCUT2D eigenvalue weighted by Gasteiger charge is 2.35. The van der Waals surface area contributed by atoms with E-state index in [9.17, 15) is 4.39 Å². The lowest BCUT2D eigenvalue weighted by atomic mass is 9.70. The van der Waals surface area contributed by atoms with Crippen LogP contribution in [0.25, 0.3) is 0 Å². The molecule has 0 aliphatic heterocycles. The van der Waals surface area contributed by atoms with Crippen LogP contribution in [0.3, 0.4) is 0 Å². The number of nitrogens with two attached hydrogens (primary N) is 1. The largest absolute Gasteiger partial charge is 0.321 e. The molecule has 1 nitrogen and oxygen atoms in total. The van der Waals surface area contributed by atoms with E-state index in [1.54, 1.807) is 6.07 Å². The van der Waals surface area contributed by atoms with Gasteiger partial charge in [0.05, 0.1) is 0 Å². The molecule has 0 bridgehead atoms. The summed E-state index contributed by atoms with van der Waals surface area (Å²) in [4.78, 5) is 0. The fourth-order valence-corrected chi connectivity index (χ4v) is 3.76. The fourth-order valence-electron chi connectivity index (χ4n) is 3.35. The van der Waals surface area contributed by atoms with Crippen LogP contribution in [0.5, 0.6) is 0 Å². The summed E-state index contributed by atoms with van der Waals surface area (Å²) in [6, 6.07) is 13.4. The SMILES string of the molecule is CC1CCC(N)(Cc2cc(Br)ccc2F)c2ccccc21. The van der Waals surface area contributed by atoms with Crippen molar-refractivity contribution in [2.75, 3.05) is 0 Å². The van der Waals surface area contributed by atoms with Crippen molar-refractivity contribution >= 4 is 15.9 Å². The second-order valence-corrected chi connectivity index (χ2v) is 7.01. The number of hydrogen-bond donors (Lipinski definition) is 1. The first-order chi connectivity index (χ1) is 9.99. The quantitative estimate of drug-likeness (QED) is 0.822. The van der Waals surface area contributed by atoms with E-state index in [1.807, 2.05) is 12.1 Å². The first-order valence-electron chi connectivity index (χ1n) is 7.32. The Morgan fingerprint density at radius 1 is 1.29 bits per heavy atom. The lowest BCUT2D eigenvalue weighted by Gasteiger charge is -2.38. The van der Waals surface area contributed by atoms with Crippen LogP contribution in [0, 0.1) is 5.82 Å². The number of hydrogen-bond acceptors (Lipinski definition) is 1. The average molecular weight is 348 g/mol. The van der Waals surface area contributed by atoms with Crippen LogP contribution in [-0.4, -0.2) is 0 Å². The highest BCUT2D eigenvalue weighted by molar-refractivity contribution is 9.10. The summed E-state index contributed by atoms with van der Waals surface area (Å²) < 4.78 is 15.0. The number of halogens is 2. The summed E-state index contributed by atoms with van der Waals surface area (Å²) in [6.45, 7) is 2.23. The van der Waals surface area contributed by atoms with Crippen LogP contribution in [0.4, 0.5) is 4.39 Å². The third-order valence-corrected chi connectivity index (χ3v) is 5.06. The second kappa shape index (κ2) is 5.54. The van der Waals surface area contributed by atoms with E-state index in [-0.39, 0.29) is 5.82 Å². The van der Waals surface area contributed by atoms with Gasteiger partial charge < -0.3 is 5.73 Å². The van der Waals surface area contributed by atoms with Crippen molar-refractivity contribution in [1.82, 2.24) is 0 Å². The highest BCUT2D eigenvalue weighted by Crippen LogP contribution is 2.41. The average Bonchev–Trinajstić information content (AvgIpc) is 2.48. The molecule has 21 heavy (non-hydrogen) atoms. The Bertz CT molecular complexity index is 670. The molecule has 0 spiro atoms. The topological polar surface area (TPSA) is 26.0 Å². The standard InChI is InChI=1S/C18H19BrFN/c1-12-8-9-18(21,16-5-3-2-4-15(12)16)11-13-10-14(19)6-7-17(13)20/h2-7,10,12H,8-9,11,21H2,1H3. The Hall–Kier alpha value is -1.19. The molecule has 2 aromatic rings. The summed E-state index contributed by atoms with van der Waals surface area (Å²) in [5.74, 6) is 0.337. The van der Waals surface area contributed by atoms with Gasteiger partial charge in [0.1, 0.15) is 5.82 Å². The van der Waals surface area contributed by atoms with Crippen LogP contribution in [0.15, 0.2) is 46.9 Å². The Labute approximate surface area is 133 Å². The number of fused-ring (bicyclic) bond motifs is 1. The van der Waals surface area contributed by atoms with Crippen LogP contribution in [-0.2, 0) is 12.0 Å². The normalized spacial score (nSPS) is 24.7. The van der Waals surface area contributed by atoms with Gasteiger partial charge in [-0.05, 0) is 60.1 Å². The second-order valence-electron chi connectivity index (χ2n) is 6.10. The van der Waals surface area contributed by atoms with Gasteiger partial charge in [-0.25, -0.2) is 4.39 Å². The van der Waals surface area contributed by atoms with E-state index in [2.05, 4.69) is 41.1 Å². The van der Waals surface area contributed by atoms with Crippen molar-refractivity contribution < 1.29 is 4.39 Å². The third kappa shape index (κ3) is 2.77. The zero-order valence-electron chi connectivity index (χ0n) is 12.1. The molecule has 0 aromatic heterocycles. The smallest absolute Gasteiger partial charge is 0.126 e. The molecule has 3 heteroatoms. The van der Waals surface area contributed by atoms with E-state index in [0.717, 1.165) is 17.3 Å². The first-order valence-corrected chi connectivity index (χ1v) is 8.11. The summed E-state index contributed by atoms with van der Waals surface area (Å²) in [7, 11) is 0. The molecule has 0 saturated carbocycles. The van der Waals surface area contributed by atoms with Gasteiger partial charge >= 0.3 is 0 Å². The Morgan fingerprint density at radius 3 is 2.86 bits per heavy atom. The zero-order valence-corrected chi connectivity index (χ0v) is 13.7. The van der Waals surface area contributed by atoms with Gasteiger partial charge in [0.2, 0.25) is 0 Å². The summed E-state index contributed by atoms with van der Waals surface area (Å²) in [5, 5.41) is 0. The van der Waals surface area contributed by atoms with Gasteiger partial charge in [-0.3, -0.25) is 0 Å². The molecule has 0 heterocycles. The van der Waals surface area contributed by atoms with Crippen molar-refractivity contribution in [2.24, 2.45) is 5.73 Å². The predicted octanol–water partition coefficient (Wildman–Crippen LogP) is 4.88. The molecular weight excluding hydrogens is 329 g/mol. The molecule has 2 aromatic carbocycles. The fraction of sp³-hybridized carbons (Fsp3) is 0.333. The summed E-state index contributed by atoms with van der Waals surface area (Å²) in [6.07, 6.45) is 2.46. The predicted molar refractivity (Wildman–Crippen MR) is 87.8 cm³/mol. The van der Waals surface area contributed by atoms with Crippen molar-refractivity contribution in [3.05, 3.63) is 69.4 Å². The third-order valence-electron chi connectivity index (χ3n) is 4.57. The summed E-state index contributed by atoms with van der Waals surface area (Å²) in [5.41, 5.74) is 9.37. The van der Waals surface area contributed by atoms with Crippen LogP contribution in [0.2, 0.25) is 0 Å². The Balaban J connectivity index is 2.02. The van der Waals surface area contributed by atoms with Crippen LogP contribution >= 0.6 is 15.9 Å². The maximum atomic E-state index is 14.1. The lowest BCUT2D eigenvalue weighted by Crippen LogP contribution is -2.43. The molecular formula is C18H19BrFN. The van der Waals surface area contributed by atoms with Crippen LogP contribution in [0.1, 0.15) is 42.4 Å². The molecule has 0 radical (unpaired) electrons. The maximum Gasteiger partial charge on any atom is 0.126 e. The minimum atomic E-state index is -0.481. The molecule has 0 fully saturated rings. The molecule has 0 amide bonds. The Kier molecular flexibility index (Phi) is 3.89. The van der Waals surface area contributed by atoms with Crippen molar-refractivity contribution in [3.8, 4) is 0 Å². The molecule has 2 unspecified atom stereocenters. The van der Waals surface area contributed by atoms with Crippen molar-refractivity contribution in [3.63, 3.8) is 0 Å². The lowest BCUT2D eigenvalue weighted by molar-refractivity contribution is 0.344. The van der Waals surface area contributed by atoms with Crippen molar-refractivity contribution in [2.45, 2.75) is 37.6 Å². The molecule has 110 valence electrons. The highest BCUT2D eigenvalue weighted by atomic mass is 79.9. The molecule has 1 aliphatic rings. The Morgan fingerprint density at radius 2 is 2.05 bits per heavy atom. The van der Waals surface area contributed by atoms with Gasteiger partial charge in [-0.15, -0.1) is 0 Å². The van der Waals surface area contributed by atoms with E-state index in [1.165, 1.54) is 17.2 Å². The van der Waals surface area contributed by atoms with Gasteiger partial charge in [0.25, 0.3) is 0 Å². The van der Waals surface area contributed by atoms with Crippen molar-refractivity contribution in [1.29, 1.82) is 0 Å². The number of benzene rings is 2. The van der Waals surface area contributed by atoms with Gasteiger partial charge in [0.15, 0.2) is 0 Å². The van der Waals surface area contributed by atoms with Gasteiger partial charge in [-0.1, -0.05) is 47.1 Å². The van der Waals surface area contributed by atoms with Gasteiger partial charge in [-0.2, -0.15) is 0 Å². The maximum absolute atomic E-state index is 14.1. The zero-order chi connectivity index (χ0) is 15.0. The van der Waals surface area contributed by atoms with E-state index in [0.29, 0.717) is 17.9 Å². The van der Waals surface area contributed by atoms with Crippen LogP contribution < -0.4 is 5.73 Å². The first kappa shape index (κ1) is 14.7. The van der Waals surface area contributed by atoms with E-state index >= 15 is 0 Å². The minimum Gasteiger partial charge on any atom is -0.321 e. The molecule has 2 atom stereocenters. The molecule has 2 N–H and O–H groups in total. The van der Waals surface area contributed by atoms with E-state index in [4.69, 9.17) is 5.73 Å². The van der Waals surface area contributed by atoms with Gasteiger partial charge in [0, 0.05) is 10.0 Å². The molecule has 1 aliphatic carbocycles. The number of rotatable bonds is 2. The van der Waals surface area contributed by atoms with E-state index < -0.39 is 5.54 Å². The molecule has 0 saturated heterocycles. The molecule has 3 rings (SSSR count). The minimum absolute atomic E-state index is 0.181. The monoisotopic (exact) mass is 347 g/mol.